The number of benzene rings is 2. The smallest absolute Gasteiger partial charge is 0.312 e. The summed E-state index contributed by atoms with van der Waals surface area (Å²) in [4.78, 5) is 107. The molecule has 0 bridgehead atoms. The van der Waals surface area contributed by atoms with Crippen LogP contribution in [-0.4, -0.2) is 121 Å². The number of ketones is 1. The van der Waals surface area contributed by atoms with Gasteiger partial charge < -0.3 is 48.1 Å². The van der Waals surface area contributed by atoms with Gasteiger partial charge in [-0.05, 0) is 61.6 Å². The van der Waals surface area contributed by atoms with Crippen molar-refractivity contribution in [2.45, 2.75) is 74.1 Å². The van der Waals surface area contributed by atoms with E-state index in [-0.39, 0.29) is 85.9 Å². The normalized spacial score (nSPS) is 18.9. The van der Waals surface area contributed by atoms with Crippen LogP contribution < -0.4 is 43.0 Å². The summed E-state index contributed by atoms with van der Waals surface area (Å²) in [6, 6.07) is 10.7. The first kappa shape index (κ1) is 49.5. The number of urea groups is 1. The van der Waals surface area contributed by atoms with Gasteiger partial charge in [-0.15, -0.1) is 5.11 Å². The van der Waals surface area contributed by atoms with Crippen LogP contribution in [0.1, 0.15) is 53.6 Å². The first-order valence-corrected chi connectivity index (χ1v) is 21.3. The molecule has 24 heteroatoms. The van der Waals surface area contributed by atoms with Crippen molar-refractivity contribution in [2.24, 2.45) is 16.0 Å². The lowest BCUT2D eigenvalue weighted by Gasteiger charge is -2.26. The van der Waals surface area contributed by atoms with E-state index in [0.717, 1.165) is 0 Å². The van der Waals surface area contributed by atoms with Crippen molar-refractivity contribution in [1.29, 1.82) is 0 Å². The van der Waals surface area contributed by atoms with E-state index in [0.29, 0.717) is 5.56 Å². The second-order valence-corrected chi connectivity index (χ2v) is 15.8. The Hall–Kier alpha value is -7.18. The number of carbonyl (C=O) groups excluding carboxylic acids is 7. The highest BCUT2D eigenvalue weighted by molar-refractivity contribution is 7.85. The Bertz CT molecular complexity index is 2300. The molecular weight excluding hydrogens is 859 g/mol. The molecule has 2 heterocycles. The topological polar surface area (TPSA) is 359 Å². The summed E-state index contributed by atoms with van der Waals surface area (Å²) in [5.74, 6) is -6.04. The predicted molar refractivity (Wildman–Crippen MR) is 225 cm³/mol. The maximum Gasteiger partial charge on any atom is 0.312 e. The zero-order chi connectivity index (χ0) is 46.6. The number of Topliss-reactive ketones (excluding diaryl/α,β-unsaturated/α-hetero) is 1. The lowest BCUT2D eigenvalue weighted by Crippen LogP contribution is -2.58. The van der Waals surface area contributed by atoms with E-state index in [1.54, 1.807) is 36.4 Å². The maximum absolute atomic E-state index is 14.0. The van der Waals surface area contributed by atoms with E-state index >= 15 is 0 Å². The van der Waals surface area contributed by atoms with Crippen molar-refractivity contribution in [3.05, 3.63) is 89.6 Å². The molecule has 342 valence electrons. The average Bonchev–Trinajstić information content (AvgIpc) is 3.25. The largest absolute Gasteiger partial charge is 0.481 e. The van der Waals surface area contributed by atoms with Gasteiger partial charge in [0.05, 0.1) is 31.0 Å². The minimum Gasteiger partial charge on any atom is -0.481 e. The molecule has 2 aromatic carbocycles. The van der Waals surface area contributed by atoms with Gasteiger partial charge in [0.1, 0.15) is 24.2 Å². The summed E-state index contributed by atoms with van der Waals surface area (Å²) in [7, 11) is -4.46. The van der Waals surface area contributed by atoms with E-state index < -0.39 is 88.8 Å². The minimum atomic E-state index is -4.46. The van der Waals surface area contributed by atoms with Crippen LogP contribution in [-0.2, 0) is 51.9 Å². The van der Waals surface area contributed by atoms with Gasteiger partial charge in [-0.1, -0.05) is 48.5 Å². The molecule has 0 spiro atoms. The van der Waals surface area contributed by atoms with Crippen molar-refractivity contribution in [2.75, 3.05) is 26.2 Å². The number of aromatic nitrogens is 1. The summed E-state index contributed by atoms with van der Waals surface area (Å²) < 4.78 is 32.7. The number of nitrogens with one attached hydrogen (secondary N) is 7. The van der Waals surface area contributed by atoms with Crippen LogP contribution in [0.25, 0.3) is 0 Å². The van der Waals surface area contributed by atoms with E-state index in [4.69, 9.17) is 5.73 Å². The highest BCUT2D eigenvalue weighted by Gasteiger charge is 2.33. The van der Waals surface area contributed by atoms with Crippen LogP contribution in [0.2, 0.25) is 0 Å². The Morgan fingerprint density at radius 1 is 0.781 bits per heavy atom. The number of azo groups is 1. The molecule has 1 aliphatic rings. The van der Waals surface area contributed by atoms with Crippen LogP contribution in [0.15, 0.2) is 88.1 Å². The summed E-state index contributed by atoms with van der Waals surface area (Å²) in [6.07, 6.45) is 0.581. The molecule has 7 amide bonds. The fraction of sp³-hybridized carbons (Fsp3) is 0.375. The molecule has 0 radical (unpaired) electrons. The molecule has 4 atom stereocenters. The Kier molecular flexibility index (Phi) is 18.9. The number of primary amides is 1. The van der Waals surface area contributed by atoms with E-state index in [9.17, 15) is 56.4 Å². The van der Waals surface area contributed by atoms with Crippen molar-refractivity contribution in [3.8, 4) is 0 Å². The molecule has 23 nitrogen and oxygen atoms in total. The fourth-order valence-electron chi connectivity index (χ4n) is 6.27. The summed E-state index contributed by atoms with van der Waals surface area (Å²) >= 11 is 0. The predicted octanol–water partition coefficient (Wildman–Crippen LogP) is -0.600. The van der Waals surface area contributed by atoms with Gasteiger partial charge in [-0.3, -0.25) is 38.1 Å². The van der Waals surface area contributed by atoms with Crippen molar-refractivity contribution >= 4 is 63.3 Å². The van der Waals surface area contributed by atoms with Crippen LogP contribution >= 0.6 is 0 Å². The van der Waals surface area contributed by atoms with Gasteiger partial charge in [0.15, 0.2) is 11.6 Å². The second kappa shape index (κ2) is 24.5. The number of rotatable bonds is 19. The number of hydrogen-bond acceptors (Lipinski definition) is 14. The van der Waals surface area contributed by atoms with Crippen LogP contribution in [0.5, 0.6) is 0 Å². The third kappa shape index (κ3) is 16.6. The van der Waals surface area contributed by atoms with Crippen molar-refractivity contribution in [3.63, 3.8) is 0 Å². The van der Waals surface area contributed by atoms with Gasteiger partial charge in [0, 0.05) is 24.7 Å². The molecule has 11 N–H and O–H groups in total. The number of nitrogens with two attached hydrogens (primary N) is 1. The highest BCUT2D eigenvalue weighted by atomic mass is 32.2. The highest BCUT2D eigenvalue weighted by Crippen LogP contribution is 2.18. The average molecular weight is 908 g/mol. The lowest BCUT2D eigenvalue weighted by atomic mass is 10.0. The molecule has 4 rings (SSSR count). The Balaban J connectivity index is 1.46. The number of aliphatic carboxylic acids is 1. The summed E-state index contributed by atoms with van der Waals surface area (Å²) in [6.45, 7) is -0.826. The number of hydrogen-bond donors (Lipinski definition) is 10. The SMILES string of the molecule is NC(=O)NCCC[C@@H]1NC(=O)[C@H](CCCNCC(=O)c2ccc(N=NCc3ccccc3S(=O)(=O)O)nc2)NC(=O)[C@@H](Cc2ccccc2)NC(=O)[C@H](CC(=O)O)NC(=O)CNC1=O. The number of carboxylic acids is 1. The first-order chi connectivity index (χ1) is 30.5. The molecule has 1 fully saturated rings. The molecule has 1 aromatic heterocycles. The Morgan fingerprint density at radius 3 is 2.06 bits per heavy atom. The monoisotopic (exact) mass is 907 g/mol. The zero-order valence-corrected chi connectivity index (χ0v) is 35.1. The molecular formula is C40H49N11O12S. The first-order valence-electron chi connectivity index (χ1n) is 19.9. The fourth-order valence-corrected chi connectivity index (χ4v) is 6.98. The van der Waals surface area contributed by atoms with Crippen LogP contribution in [0.4, 0.5) is 10.6 Å². The quantitative estimate of drug-likeness (QED) is 0.0311. The van der Waals surface area contributed by atoms with Gasteiger partial charge in [0.25, 0.3) is 10.1 Å². The summed E-state index contributed by atoms with van der Waals surface area (Å²) in [5.41, 5.74) is 6.18. The summed E-state index contributed by atoms with van der Waals surface area (Å²) in [5, 5.41) is 35.1. The van der Waals surface area contributed by atoms with Gasteiger partial charge >= 0.3 is 12.0 Å². The van der Waals surface area contributed by atoms with Crippen molar-refractivity contribution < 1.29 is 56.4 Å². The number of carbonyl (C=O) groups is 8. The number of nitrogens with zero attached hydrogens (tertiary/aromatic N) is 3. The molecule has 0 saturated carbocycles. The van der Waals surface area contributed by atoms with E-state index in [1.807, 2.05) is 0 Å². The molecule has 0 unspecified atom stereocenters. The second-order valence-electron chi connectivity index (χ2n) is 14.4. The lowest BCUT2D eigenvalue weighted by molar-refractivity contribution is -0.141. The Morgan fingerprint density at radius 2 is 1.41 bits per heavy atom. The minimum absolute atomic E-state index is 0.0363. The number of carboxylic acid groups (broad SMARTS) is 1. The zero-order valence-electron chi connectivity index (χ0n) is 34.3. The van der Waals surface area contributed by atoms with E-state index in [2.05, 4.69) is 52.4 Å². The molecule has 64 heavy (non-hydrogen) atoms. The standard InChI is InChI=1S/C40H49N11O12S/c41-40(60)43-17-7-12-27-36(56)45-23-34(53)47-30(19-35(54)55)39(59)50-29(18-24-8-2-1-3-9-24)38(58)49-28(37(57)48-27)11-6-16-42-22-31(52)25-14-15-33(44-20-25)51-46-21-26-10-4-5-13-32(26)64(61,62)63/h1-5,8-10,13-15,20,27-30,42H,6-7,11-12,16-19,21-23H2,(H,45,56)(H,47,53)(H,48,57)(H,49,58)(H,50,59)(H,54,55)(H3,41,43,60)(H,61,62,63)/t27-,28-,29+,30-/m0/s1. The third-order valence-electron chi connectivity index (χ3n) is 9.47. The van der Waals surface area contributed by atoms with Gasteiger partial charge in [-0.25, -0.2) is 9.78 Å². The van der Waals surface area contributed by atoms with Crippen molar-refractivity contribution in [1.82, 2.24) is 42.2 Å². The van der Waals surface area contributed by atoms with E-state index in [1.165, 1.54) is 36.5 Å². The number of amides is 7. The molecule has 1 saturated heterocycles. The molecule has 3 aromatic rings. The molecule has 1 aliphatic heterocycles. The van der Waals surface area contributed by atoms with Crippen LogP contribution in [0, 0.1) is 0 Å². The van der Waals surface area contributed by atoms with Gasteiger partial charge in [-0.2, -0.15) is 13.5 Å². The van der Waals surface area contributed by atoms with Crippen LogP contribution in [0.3, 0.4) is 0 Å². The number of pyridine rings is 1. The third-order valence-corrected chi connectivity index (χ3v) is 10.4. The van der Waals surface area contributed by atoms with Gasteiger partial charge in [0.2, 0.25) is 29.5 Å². The Labute approximate surface area is 367 Å². The maximum atomic E-state index is 14.0. The molecule has 0 aliphatic carbocycles.